The molecule has 0 saturated heterocycles. The first-order chi connectivity index (χ1) is 11.6. The Bertz CT molecular complexity index is 801. The molecular formula is C16H26N4O4S. The molecule has 0 N–H and O–H groups in total. The van der Waals surface area contributed by atoms with Crippen LogP contribution < -0.4 is 5.56 Å². The minimum absolute atomic E-state index is 0.0428. The van der Waals surface area contributed by atoms with Crippen molar-refractivity contribution in [3.05, 3.63) is 27.9 Å². The van der Waals surface area contributed by atoms with Crippen LogP contribution in [0.5, 0.6) is 0 Å². The number of amides is 1. The Morgan fingerprint density at radius 3 is 2.64 bits per heavy atom. The van der Waals surface area contributed by atoms with Gasteiger partial charge in [-0.25, -0.2) is 13.4 Å². The van der Waals surface area contributed by atoms with E-state index in [9.17, 15) is 18.0 Å². The van der Waals surface area contributed by atoms with E-state index in [2.05, 4.69) is 23.7 Å². The Morgan fingerprint density at radius 2 is 2.04 bits per heavy atom. The van der Waals surface area contributed by atoms with Gasteiger partial charge in [-0.15, -0.1) is 0 Å². The van der Waals surface area contributed by atoms with Crippen molar-refractivity contribution in [2.75, 3.05) is 25.6 Å². The number of hydrogen-bond donors (Lipinski definition) is 0. The molecule has 0 spiro atoms. The summed E-state index contributed by atoms with van der Waals surface area (Å²) in [6.45, 7) is 5.69. The number of hydrogen-bond acceptors (Lipinski definition) is 6. The van der Waals surface area contributed by atoms with Gasteiger partial charge in [0.15, 0.2) is 0 Å². The summed E-state index contributed by atoms with van der Waals surface area (Å²) in [6, 6.07) is 1.87. The summed E-state index contributed by atoms with van der Waals surface area (Å²) in [6.07, 6.45) is 1.07. The largest absolute Gasteiger partial charge is 0.333 e. The fourth-order valence-electron chi connectivity index (χ4n) is 2.60. The van der Waals surface area contributed by atoms with E-state index < -0.39 is 9.84 Å². The zero-order chi connectivity index (χ0) is 18.8. The van der Waals surface area contributed by atoms with Crippen molar-refractivity contribution >= 4 is 15.7 Å². The number of sulfone groups is 1. The Balaban J connectivity index is 2.14. The first-order valence-electron chi connectivity index (χ1n) is 8.32. The Hall–Kier alpha value is -1.74. The smallest absolute Gasteiger partial charge is 0.253 e. The molecule has 1 aliphatic heterocycles. The summed E-state index contributed by atoms with van der Waals surface area (Å²) in [5.74, 6) is 0.163. The summed E-state index contributed by atoms with van der Waals surface area (Å²) >= 11 is 0. The fourth-order valence-corrected chi connectivity index (χ4v) is 3.14. The van der Waals surface area contributed by atoms with E-state index in [4.69, 9.17) is 0 Å². The normalized spacial score (nSPS) is 14.9. The van der Waals surface area contributed by atoms with Crippen LogP contribution in [-0.2, 0) is 34.3 Å². The van der Waals surface area contributed by atoms with E-state index in [0.29, 0.717) is 37.2 Å². The number of rotatable bonds is 6. The summed E-state index contributed by atoms with van der Waals surface area (Å²) in [4.78, 5) is 32.7. The Kier molecular flexibility index (Phi) is 5.99. The highest BCUT2D eigenvalue weighted by Crippen LogP contribution is 2.11. The highest BCUT2D eigenvalue weighted by atomic mass is 32.2. The van der Waals surface area contributed by atoms with E-state index >= 15 is 0 Å². The van der Waals surface area contributed by atoms with E-state index in [0.717, 1.165) is 6.26 Å². The summed E-state index contributed by atoms with van der Waals surface area (Å²) in [5, 5.41) is 0. The van der Waals surface area contributed by atoms with Gasteiger partial charge < -0.3 is 4.90 Å². The van der Waals surface area contributed by atoms with E-state index in [-0.39, 0.29) is 30.2 Å². The molecule has 1 aromatic rings. The zero-order valence-corrected chi connectivity index (χ0v) is 16.0. The SMILES string of the molecule is CC(C)N(C)Cc1cc(=O)n2c(n1)CN(C(=O)CCS(C)(=O)=O)CC2. The third-order valence-corrected chi connectivity index (χ3v) is 5.34. The minimum Gasteiger partial charge on any atom is -0.333 e. The second-order valence-corrected chi connectivity index (χ2v) is 9.12. The van der Waals surface area contributed by atoms with Crippen LogP contribution in [0.4, 0.5) is 0 Å². The highest BCUT2D eigenvalue weighted by Gasteiger charge is 2.23. The minimum atomic E-state index is -3.18. The van der Waals surface area contributed by atoms with Crippen molar-refractivity contribution in [1.82, 2.24) is 19.4 Å². The topological polar surface area (TPSA) is 92.6 Å². The van der Waals surface area contributed by atoms with Crippen LogP contribution in [0.25, 0.3) is 0 Å². The standard InChI is InChI=1S/C16H26N4O4S/c1-12(2)18(3)10-13-9-16(22)20-7-6-19(11-14(20)17-13)15(21)5-8-25(4,23)24/h9,12H,5-8,10-11H2,1-4H3. The molecule has 0 atom stereocenters. The van der Waals surface area contributed by atoms with Gasteiger partial charge in [-0.05, 0) is 20.9 Å². The maximum absolute atomic E-state index is 12.3. The average Bonchev–Trinajstić information content (AvgIpc) is 2.51. The predicted octanol–water partition coefficient (Wildman–Crippen LogP) is -0.140. The number of carbonyl (C=O) groups excluding carboxylic acids is 1. The van der Waals surface area contributed by atoms with Crippen molar-refractivity contribution in [1.29, 1.82) is 0 Å². The van der Waals surface area contributed by atoms with Gasteiger partial charge in [-0.3, -0.25) is 19.1 Å². The van der Waals surface area contributed by atoms with Gasteiger partial charge in [0.1, 0.15) is 15.7 Å². The Labute approximate surface area is 148 Å². The number of carbonyl (C=O) groups is 1. The van der Waals surface area contributed by atoms with E-state index in [1.165, 1.54) is 0 Å². The van der Waals surface area contributed by atoms with Gasteiger partial charge in [0.25, 0.3) is 5.56 Å². The molecule has 0 saturated carbocycles. The molecule has 2 heterocycles. The molecule has 9 heteroatoms. The van der Waals surface area contributed by atoms with E-state index in [1.807, 2.05) is 7.05 Å². The molecule has 0 fully saturated rings. The molecule has 0 aromatic carbocycles. The number of fused-ring (bicyclic) bond motifs is 1. The fraction of sp³-hybridized carbons (Fsp3) is 0.688. The highest BCUT2D eigenvalue weighted by molar-refractivity contribution is 7.90. The molecule has 2 rings (SSSR count). The molecule has 1 aliphatic rings. The van der Waals surface area contributed by atoms with Crippen molar-refractivity contribution in [2.45, 2.75) is 45.9 Å². The van der Waals surface area contributed by atoms with Gasteiger partial charge in [0.05, 0.1) is 18.0 Å². The van der Waals surface area contributed by atoms with Gasteiger partial charge in [-0.2, -0.15) is 0 Å². The van der Waals surface area contributed by atoms with Gasteiger partial charge in [0.2, 0.25) is 5.91 Å². The lowest BCUT2D eigenvalue weighted by Crippen LogP contribution is -2.43. The van der Waals surface area contributed by atoms with Crippen molar-refractivity contribution in [3.63, 3.8) is 0 Å². The lowest BCUT2D eigenvalue weighted by Gasteiger charge is -2.29. The van der Waals surface area contributed by atoms with Crippen LogP contribution in [0.2, 0.25) is 0 Å². The van der Waals surface area contributed by atoms with Crippen LogP contribution in [0.3, 0.4) is 0 Å². The molecule has 0 radical (unpaired) electrons. The molecular weight excluding hydrogens is 344 g/mol. The second-order valence-electron chi connectivity index (χ2n) is 6.86. The van der Waals surface area contributed by atoms with Crippen LogP contribution in [0, 0.1) is 0 Å². The third-order valence-electron chi connectivity index (χ3n) is 4.40. The molecule has 1 amide bonds. The van der Waals surface area contributed by atoms with Crippen LogP contribution in [-0.4, -0.2) is 65.3 Å². The average molecular weight is 370 g/mol. The quantitative estimate of drug-likeness (QED) is 0.692. The van der Waals surface area contributed by atoms with Gasteiger partial charge >= 0.3 is 0 Å². The first kappa shape index (κ1) is 19.6. The molecule has 8 nitrogen and oxygen atoms in total. The second kappa shape index (κ2) is 7.65. The summed E-state index contributed by atoms with van der Waals surface area (Å²) < 4.78 is 24.0. The third kappa shape index (κ3) is 5.37. The molecule has 1 aromatic heterocycles. The first-order valence-corrected chi connectivity index (χ1v) is 10.4. The lowest BCUT2D eigenvalue weighted by molar-refractivity contribution is -0.132. The zero-order valence-electron chi connectivity index (χ0n) is 15.2. The molecule has 0 aliphatic carbocycles. The molecule has 0 bridgehead atoms. The van der Waals surface area contributed by atoms with Gasteiger partial charge in [-0.1, -0.05) is 0 Å². The van der Waals surface area contributed by atoms with Crippen LogP contribution >= 0.6 is 0 Å². The monoisotopic (exact) mass is 370 g/mol. The van der Waals surface area contributed by atoms with Crippen LogP contribution in [0.15, 0.2) is 10.9 Å². The molecule has 25 heavy (non-hydrogen) atoms. The lowest BCUT2D eigenvalue weighted by atomic mass is 10.2. The van der Waals surface area contributed by atoms with E-state index in [1.54, 1.807) is 15.5 Å². The van der Waals surface area contributed by atoms with Crippen molar-refractivity contribution in [2.24, 2.45) is 0 Å². The predicted molar refractivity (Wildman–Crippen MR) is 94.8 cm³/mol. The summed E-state index contributed by atoms with van der Waals surface area (Å²) in [5.41, 5.74) is 0.568. The molecule has 140 valence electrons. The van der Waals surface area contributed by atoms with Crippen LogP contribution in [0.1, 0.15) is 31.8 Å². The van der Waals surface area contributed by atoms with Gasteiger partial charge in [0, 0.05) is 44.4 Å². The number of nitrogens with zero attached hydrogens (tertiary/aromatic N) is 4. The number of aromatic nitrogens is 2. The Morgan fingerprint density at radius 1 is 1.36 bits per heavy atom. The molecule has 0 unspecified atom stereocenters. The summed E-state index contributed by atoms with van der Waals surface area (Å²) in [7, 11) is -1.21. The maximum atomic E-state index is 12.3. The maximum Gasteiger partial charge on any atom is 0.253 e. The van der Waals surface area contributed by atoms with Crippen molar-refractivity contribution in [3.8, 4) is 0 Å². The van der Waals surface area contributed by atoms with Crippen molar-refractivity contribution < 1.29 is 13.2 Å².